The number of hydrogen-bond acceptors (Lipinski definition) is 2. The largest absolute Gasteiger partial charge is 0.456 e. The fraction of sp³-hybridized carbons (Fsp3) is 1.00. The first-order valence-corrected chi connectivity index (χ1v) is 3.38. The van der Waals surface area contributed by atoms with E-state index in [1.165, 1.54) is 12.8 Å². The molecule has 0 rings (SSSR count). The van der Waals surface area contributed by atoms with Gasteiger partial charge in [-0.25, -0.2) is 0 Å². The van der Waals surface area contributed by atoms with Crippen LogP contribution in [0, 0.1) is 5.39 Å². The Balaban J connectivity index is 2.69. The minimum absolute atomic E-state index is 0.538. The molecule has 0 aromatic rings. The molecule has 0 heterocycles. The van der Waals surface area contributed by atoms with Crippen LogP contribution in [0.25, 0.3) is 5.14 Å². The Labute approximate surface area is 55.6 Å². The molecule has 0 aliphatic carbocycles. The second-order valence-electron chi connectivity index (χ2n) is 1.98. The lowest BCUT2D eigenvalue weighted by atomic mass is 10.2. The molecule has 3 heteroatoms. The molecule has 0 saturated heterocycles. The van der Waals surface area contributed by atoms with E-state index in [4.69, 9.17) is 5.39 Å². The van der Waals surface area contributed by atoms with Gasteiger partial charge in [0.15, 0.2) is 6.61 Å². The molecular weight excluding hydrogens is 116 g/mol. The standard InChI is InChI=1S/C6H13N2O/c1-2-3-4-5-6-9-8-7/h2-6H2,1H3/q+1. The number of unbranched alkanes of at least 4 members (excludes halogenated alkanes) is 3. The van der Waals surface area contributed by atoms with Crippen molar-refractivity contribution in [1.82, 2.24) is 0 Å². The molecule has 0 saturated carbocycles. The fourth-order valence-electron chi connectivity index (χ4n) is 0.634. The third kappa shape index (κ3) is 7.22. The van der Waals surface area contributed by atoms with Crippen LogP contribution in [-0.4, -0.2) is 6.61 Å². The highest BCUT2D eigenvalue weighted by molar-refractivity contribution is 4.38. The molecule has 0 amide bonds. The fourth-order valence-corrected chi connectivity index (χ4v) is 0.634. The smallest absolute Gasteiger partial charge is 0.132 e. The highest BCUT2D eigenvalue weighted by atomic mass is 16.6. The molecule has 9 heavy (non-hydrogen) atoms. The van der Waals surface area contributed by atoms with Gasteiger partial charge in [-0.2, -0.15) is 0 Å². The molecule has 0 aromatic carbocycles. The molecule has 0 aliphatic heterocycles. The molecule has 0 radical (unpaired) electrons. The zero-order chi connectivity index (χ0) is 6.95. The summed E-state index contributed by atoms with van der Waals surface area (Å²) >= 11 is 0. The van der Waals surface area contributed by atoms with Crippen molar-refractivity contribution in [3.05, 3.63) is 5.14 Å². The van der Waals surface area contributed by atoms with E-state index in [0.29, 0.717) is 6.61 Å². The van der Waals surface area contributed by atoms with Crippen LogP contribution < -0.4 is 0 Å². The van der Waals surface area contributed by atoms with E-state index in [9.17, 15) is 0 Å². The lowest BCUT2D eigenvalue weighted by molar-refractivity contribution is 0.226. The van der Waals surface area contributed by atoms with E-state index >= 15 is 0 Å². The molecule has 0 unspecified atom stereocenters. The SMILES string of the molecule is CCCCCCO[N+]#N. The Morgan fingerprint density at radius 2 is 2.11 bits per heavy atom. The minimum Gasteiger partial charge on any atom is -0.132 e. The normalized spacial score (nSPS) is 8.44. The molecule has 0 aromatic heterocycles. The first kappa shape index (κ1) is 8.22. The molecule has 0 atom stereocenters. The summed E-state index contributed by atoms with van der Waals surface area (Å²) in [5, 5.41) is 10.4. The summed E-state index contributed by atoms with van der Waals surface area (Å²) in [6.07, 6.45) is 4.59. The highest BCUT2D eigenvalue weighted by Crippen LogP contribution is 1.98. The zero-order valence-electron chi connectivity index (χ0n) is 5.84. The van der Waals surface area contributed by atoms with Crippen molar-refractivity contribution in [3.63, 3.8) is 0 Å². The average molecular weight is 129 g/mol. The highest BCUT2D eigenvalue weighted by Gasteiger charge is 1.92. The van der Waals surface area contributed by atoms with Crippen LogP contribution in [0.4, 0.5) is 0 Å². The van der Waals surface area contributed by atoms with Crippen LogP contribution in [0.3, 0.4) is 0 Å². The van der Waals surface area contributed by atoms with Crippen LogP contribution in [0.15, 0.2) is 0 Å². The molecule has 0 aliphatic rings. The van der Waals surface area contributed by atoms with E-state index in [-0.39, 0.29) is 0 Å². The van der Waals surface area contributed by atoms with E-state index in [2.05, 4.69) is 16.9 Å². The van der Waals surface area contributed by atoms with Crippen molar-refractivity contribution in [1.29, 1.82) is 5.39 Å². The third-order valence-electron chi connectivity index (χ3n) is 1.15. The van der Waals surface area contributed by atoms with Gasteiger partial charge in [-0.3, -0.25) is 0 Å². The van der Waals surface area contributed by atoms with Crippen LogP contribution in [0.1, 0.15) is 32.6 Å². The monoisotopic (exact) mass is 129 g/mol. The first-order valence-electron chi connectivity index (χ1n) is 3.38. The van der Waals surface area contributed by atoms with E-state index in [0.717, 1.165) is 12.8 Å². The van der Waals surface area contributed by atoms with Gasteiger partial charge in [-0.15, -0.1) is 4.84 Å². The second kappa shape index (κ2) is 7.22. The predicted molar refractivity (Wildman–Crippen MR) is 35.2 cm³/mol. The van der Waals surface area contributed by atoms with Crippen molar-refractivity contribution in [2.45, 2.75) is 32.6 Å². The second-order valence-corrected chi connectivity index (χ2v) is 1.98. The molecule has 3 nitrogen and oxygen atoms in total. The maximum absolute atomic E-state index is 7.83. The zero-order valence-corrected chi connectivity index (χ0v) is 5.84. The average Bonchev–Trinajstić information content (AvgIpc) is 1.89. The minimum atomic E-state index is 0.538. The van der Waals surface area contributed by atoms with Crippen molar-refractivity contribution >= 4 is 0 Å². The third-order valence-corrected chi connectivity index (χ3v) is 1.15. The summed E-state index contributed by atoms with van der Waals surface area (Å²) in [7, 11) is 0. The van der Waals surface area contributed by atoms with Gasteiger partial charge in [0.2, 0.25) is 0 Å². The summed E-state index contributed by atoms with van der Waals surface area (Å²) in [5.74, 6) is 0. The number of diazo groups is 1. The predicted octanol–water partition coefficient (Wildman–Crippen LogP) is 2.35. The van der Waals surface area contributed by atoms with Crippen LogP contribution in [-0.2, 0) is 4.84 Å². The molecule has 0 bridgehead atoms. The van der Waals surface area contributed by atoms with E-state index < -0.39 is 0 Å². The Kier molecular flexibility index (Phi) is 6.59. The van der Waals surface area contributed by atoms with Crippen molar-refractivity contribution in [2.75, 3.05) is 6.61 Å². The van der Waals surface area contributed by atoms with E-state index in [1.807, 2.05) is 0 Å². The molecule has 0 fully saturated rings. The summed E-state index contributed by atoms with van der Waals surface area (Å²) in [6, 6.07) is 0. The topological polar surface area (TPSA) is 37.4 Å². The summed E-state index contributed by atoms with van der Waals surface area (Å²) in [4.78, 5) is 4.36. The molecule has 52 valence electrons. The lowest BCUT2D eigenvalue weighted by Crippen LogP contribution is -1.84. The maximum Gasteiger partial charge on any atom is 0.456 e. The van der Waals surface area contributed by atoms with Crippen molar-refractivity contribution in [2.24, 2.45) is 0 Å². The van der Waals surface area contributed by atoms with Crippen molar-refractivity contribution in [3.8, 4) is 0 Å². The number of hydrogen-bond donors (Lipinski definition) is 0. The van der Waals surface area contributed by atoms with Crippen LogP contribution in [0.5, 0.6) is 0 Å². The van der Waals surface area contributed by atoms with Crippen LogP contribution >= 0.6 is 0 Å². The number of rotatable bonds is 5. The van der Waals surface area contributed by atoms with Crippen LogP contribution in [0.2, 0.25) is 0 Å². The summed E-state index contributed by atoms with van der Waals surface area (Å²) in [6.45, 7) is 2.69. The van der Waals surface area contributed by atoms with E-state index in [1.54, 1.807) is 0 Å². The Bertz CT molecular complexity index is 87.5. The number of nitrogens with zero attached hydrogens (tertiary/aromatic N) is 2. The Hall–Kier alpha value is -0.780. The van der Waals surface area contributed by atoms with Gasteiger partial charge < -0.3 is 0 Å². The van der Waals surface area contributed by atoms with Gasteiger partial charge >= 0.3 is 5.14 Å². The van der Waals surface area contributed by atoms with Crippen molar-refractivity contribution < 1.29 is 4.84 Å². The molecular formula is C6H13N2O+. The Morgan fingerprint density at radius 3 is 2.67 bits per heavy atom. The molecule has 0 N–H and O–H groups in total. The summed E-state index contributed by atoms with van der Waals surface area (Å²) < 4.78 is 0. The van der Waals surface area contributed by atoms with Gasteiger partial charge in [-0.05, 0) is 12.8 Å². The quantitative estimate of drug-likeness (QED) is 0.324. The van der Waals surface area contributed by atoms with Gasteiger partial charge in [0, 0.05) is 0 Å². The Morgan fingerprint density at radius 1 is 1.33 bits per heavy atom. The van der Waals surface area contributed by atoms with Gasteiger partial charge in [-0.1, -0.05) is 19.8 Å². The maximum atomic E-state index is 7.83. The van der Waals surface area contributed by atoms with Gasteiger partial charge in [0.05, 0.1) is 0 Å². The molecule has 0 spiro atoms. The first-order chi connectivity index (χ1) is 4.41. The lowest BCUT2D eigenvalue weighted by Gasteiger charge is -1.89. The van der Waals surface area contributed by atoms with Gasteiger partial charge in [0.25, 0.3) is 5.39 Å². The summed E-state index contributed by atoms with van der Waals surface area (Å²) in [5.41, 5.74) is 0. The van der Waals surface area contributed by atoms with Gasteiger partial charge in [0.1, 0.15) is 0 Å².